The van der Waals surface area contributed by atoms with Gasteiger partial charge in [0.05, 0.1) is 11.1 Å². The number of thioether (sulfide) groups is 1. The van der Waals surface area contributed by atoms with Crippen molar-refractivity contribution in [3.05, 3.63) is 92.6 Å². The van der Waals surface area contributed by atoms with Gasteiger partial charge in [-0.05, 0) is 31.1 Å². The van der Waals surface area contributed by atoms with E-state index in [1.807, 2.05) is 49.4 Å². The lowest BCUT2D eigenvalue weighted by Gasteiger charge is -2.03. The summed E-state index contributed by atoms with van der Waals surface area (Å²) in [6.45, 7) is 4.09. The van der Waals surface area contributed by atoms with E-state index in [9.17, 15) is 4.79 Å². The van der Waals surface area contributed by atoms with Crippen molar-refractivity contribution in [3.63, 3.8) is 0 Å². The highest BCUT2D eigenvalue weighted by Gasteiger charge is 2.17. The van der Waals surface area contributed by atoms with Gasteiger partial charge in [0.15, 0.2) is 0 Å². The molecule has 0 spiro atoms. The van der Waals surface area contributed by atoms with Crippen molar-refractivity contribution in [2.24, 2.45) is 0 Å². The third-order valence-electron chi connectivity index (χ3n) is 5.18. The maximum absolute atomic E-state index is 13.0. The molecule has 33 heavy (non-hydrogen) atoms. The molecule has 2 N–H and O–H groups in total. The fraction of sp³-hybridized carbons (Fsp3) is 0.120. The summed E-state index contributed by atoms with van der Waals surface area (Å²) in [5.41, 5.74) is 4.17. The monoisotopic (exact) mass is 471 g/mol. The lowest BCUT2D eigenvalue weighted by Crippen LogP contribution is -2.10. The molecule has 0 amide bonds. The Morgan fingerprint density at radius 2 is 1.79 bits per heavy atom. The molecule has 0 saturated heterocycles. The van der Waals surface area contributed by atoms with Crippen LogP contribution in [0.1, 0.15) is 27.7 Å². The van der Waals surface area contributed by atoms with Gasteiger partial charge < -0.3 is 4.98 Å². The Morgan fingerprint density at radius 1 is 1.00 bits per heavy atom. The molecule has 0 aliphatic carbocycles. The van der Waals surface area contributed by atoms with Crippen LogP contribution >= 0.6 is 23.1 Å². The van der Waals surface area contributed by atoms with Crippen molar-refractivity contribution in [1.29, 1.82) is 0 Å². The second-order valence-electron chi connectivity index (χ2n) is 7.63. The number of nitrogens with one attached hydrogen (secondary N) is 2. The number of benzene rings is 2. The van der Waals surface area contributed by atoms with Crippen molar-refractivity contribution in [2.75, 3.05) is 0 Å². The lowest BCUT2D eigenvalue weighted by molar-refractivity contribution is 0.965. The highest BCUT2D eigenvalue weighted by atomic mass is 32.2. The predicted octanol–water partition coefficient (Wildman–Crippen LogP) is 5.85. The molecule has 0 saturated carbocycles. The summed E-state index contributed by atoms with van der Waals surface area (Å²) in [6.07, 6.45) is 3.87. The minimum Gasteiger partial charge on any atom is -0.309 e. The van der Waals surface area contributed by atoms with Gasteiger partial charge in [0.2, 0.25) is 5.16 Å². The summed E-state index contributed by atoms with van der Waals surface area (Å²) in [4.78, 5) is 27.0. The van der Waals surface area contributed by atoms with Gasteiger partial charge in [-0.1, -0.05) is 78.0 Å². The summed E-state index contributed by atoms with van der Waals surface area (Å²) in [6, 6.07) is 18.2. The first-order valence-corrected chi connectivity index (χ1v) is 12.2. The van der Waals surface area contributed by atoms with E-state index in [2.05, 4.69) is 51.4 Å². The normalized spacial score (nSPS) is 11.6. The van der Waals surface area contributed by atoms with E-state index in [0.29, 0.717) is 27.9 Å². The Kier molecular flexibility index (Phi) is 5.93. The van der Waals surface area contributed by atoms with Gasteiger partial charge in [0, 0.05) is 10.4 Å². The van der Waals surface area contributed by atoms with Crippen LogP contribution in [0.25, 0.3) is 33.5 Å². The first-order valence-electron chi connectivity index (χ1n) is 10.4. The number of rotatable bonds is 6. The Hall–Kier alpha value is -3.49. The Balaban J connectivity index is 1.34. The van der Waals surface area contributed by atoms with Crippen LogP contribution in [0, 0.1) is 13.8 Å². The SMILES string of the molecule is Cc1ccc(-c2c(C)sc3nc(CSc4n[nH]c(/C=C/c5ccccc5)n4)[nH]c(=O)c23)cc1. The molecule has 3 aromatic heterocycles. The molecule has 8 heteroatoms. The fourth-order valence-corrected chi connectivity index (χ4v) is 5.31. The lowest BCUT2D eigenvalue weighted by atomic mass is 10.0. The number of aromatic amines is 2. The number of nitrogens with zero attached hydrogens (tertiary/aromatic N) is 3. The molecule has 0 fully saturated rings. The molecule has 5 rings (SSSR count). The van der Waals surface area contributed by atoms with Crippen LogP contribution in [-0.2, 0) is 5.75 Å². The smallest absolute Gasteiger partial charge is 0.260 e. The zero-order chi connectivity index (χ0) is 22.8. The molecule has 0 aliphatic heterocycles. The van der Waals surface area contributed by atoms with Crippen LogP contribution in [0.15, 0.2) is 64.5 Å². The Labute approximate surface area is 198 Å². The van der Waals surface area contributed by atoms with Gasteiger partial charge in [-0.2, -0.15) is 0 Å². The number of thiophene rings is 1. The van der Waals surface area contributed by atoms with E-state index in [4.69, 9.17) is 4.98 Å². The van der Waals surface area contributed by atoms with Crippen LogP contribution < -0.4 is 5.56 Å². The zero-order valence-corrected chi connectivity index (χ0v) is 19.8. The first kappa shape index (κ1) is 21.4. The standard InChI is InChI=1S/C25H21N5OS2/c1-15-8-11-18(12-9-15)21-16(2)33-24-22(21)23(31)26-20(27-24)14-32-25-28-19(29-30-25)13-10-17-6-4-3-5-7-17/h3-13H,14H2,1-2H3,(H,26,27,31)(H,28,29,30)/b13-10+. The third kappa shape index (κ3) is 4.67. The van der Waals surface area contributed by atoms with Crippen molar-refractivity contribution < 1.29 is 0 Å². The highest BCUT2D eigenvalue weighted by Crippen LogP contribution is 2.35. The van der Waals surface area contributed by atoms with E-state index >= 15 is 0 Å². The minimum absolute atomic E-state index is 0.114. The molecule has 3 heterocycles. The van der Waals surface area contributed by atoms with Crippen LogP contribution in [0.3, 0.4) is 0 Å². The van der Waals surface area contributed by atoms with Gasteiger partial charge in [0.25, 0.3) is 5.56 Å². The van der Waals surface area contributed by atoms with Gasteiger partial charge >= 0.3 is 0 Å². The van der Waals surface area contributed by atoms with Gasteiger partial charge in [-0.3, -0.25) is 9.89 Å². The number of hydrogen-bond acceptors (Lipinski definition) is 6. The largest absolute Gasteiger partial charge is 0.309 e. The second kappa shape index (κ2) is 9.17. The maximum Gasteiger partial charge on any atom is 0.260 e. The van der Waals surface area contributed by atoms with Crippen LogP contribution in [0.5, 0.6) is 0 Å². The molecule has 164 valence electrons. The van der Waals surface area contributed by atoms with Crippen LogP contribution in [-0.4, -0.2) is 25.1 Å². The number of aryl methyl sites for hydroxylation is 2. The second-order valence-corrected chi connectivity index (χ2v) is 9.77. The molecule has 5 aromatic rings. The minimum atomic E-state index is -0.114. The summed E-state index contributed by atoms with van der Waals surface area (Å²) in [5.74, 6) is 1.76. The fourth-order valence-electron chi connectivity index (χ4n) is 3.57. The van der Waals surface area contributed by atoms with Crippen molar-refractivity contribution >= 4 is 45.5 Å². The number of aromatic nitrogens is 5. The number of H-pyrrole nitrogens is 2. The average Bonchev–Trinajstić information content (AvgIpc) is 3.41. The van der Waals surface area contributed by atoms with Gasteiger partial charge in [-0.25, -0.2) is 9.97 Å². The molecule has 2 aromatic carbocycles. The number of fused-ring (bicyclic) bond motifs is 1. The van der Waals surface area contributed by atoms with E-state index in [-0.39, 0.29) is 5.56 Å². The topological polar surface area (TPSA) is 87.3 Å². The summed E-state index contributed by atoms with van der Waals surface area (Å²) in [5, 5.41) is 8.44. The third-order valence-corrected chi connectivity index (χ3v) is 7.04. The average molecular weight is 472 g/mol. The van der Waals surface area contributed by atoms with Crippen molar-refractivity contribution in [2.45, 2.75) is 24.8 Å². The first-order chi connectivity index (χ1) is 16.1. The summed E-state index contributed by atoms with van der Waals surface area (Å²) >= 11 is 2.98. The Bertz CT molecular complexity index is 1500. The van der Waals surface area contributed by atoms with Gasteiger partial charge in [-0.15, -0.1) is 16.4 Å². The highest BCUT2D eigenvalue weighted by molar-refractivity contribution is 7.98. The van der Waals surface area contributed by atoms with Crippen LogP contribution in [0.4, 0.5) is 0 Å². The number of hydrogen-bond donors (Lipinski definition) is 2. The predicted molar refractivity (Wildman–Crippen MR) is 136 cm³/mol. The summed E-state index contributed by atoms with van der Waals surface area (Å²) in [7, 11) is 0. The molecular formula is C25H21N5OS2. The molecule has 0 atom stereocenters. The molecule has 6 nitrogen and oxygen atoms in total. The molecule has 0 bridgehead atoms. The molecule has 0 unspecified atom stereocenters. The van der Waals surface area contributed by atoms with Gasteiger partial charge in [0.1, 0.15) is 16.5 Å². The quantitative estimate of drug-likeness (QED) is 0.303. The Morgan fingerprint density at radius 3 is 2.58 bits per heavy atom. The zero-order valence-electron chi connectivity index (χ0n) is 18.1. The van der Waals surface area contributed by atoms with Crippen LogP contribution in [0.2, 0.25) is 0 Å². The van der Waals surface area contributed by atoms with E-state index in [0.717, 1.165) is 26.4 Å². The molecule has 0 aliphatic rings. The maximum atomic E-state index is 13.0. The van der Waals surface area contributed by atoms with E-state index < -0.39 is 0 Å². The van der Waals surface area contributed by atoms with E-state index in [1.165, 1.54) is 17.3 Å². The van der Waals surface area contributed by atoms with Crippen molar-refractivity contribution in [3.8, 4) is 11.1 Å². The molecular weight excluding hydrogens is 450 g/mol. The van der Waals surface area contributed by atoms with Crippen molar-refractivity contribution in [1.82, 2.24) is 25.1 Å². The van der Waals surface area contributed by atoms with E-state index in [1.54, 1.807) is 11.3 Å². The molecule has 0 radical (unpaired) electrons. The summed E-state index contributed by atoms with van der Waals surface area (Å²) < 4.78 is 0.